The number of aromatic nitrogens is 1. The third-order valence-corrected chi connectivity index (χ3v) is 11.2. The number of hydrogen-bond acceptors (Lipinski definition) is 11. The molecule has 8 atom stereocenters. The van der Waals surface area contributed by atoms with Gasteiger partial charge in [-0.15, -0.1) is 0 Å². The number of piperidine rings is 1. The molecule has 3 aliphatic rings. The fourth-order valence-corrected chi connectivity index (χ4v) is 8.02. The summed E-state index contributed by atoms with van der Waals surface area (Å²) in [6, 6.07) is 3.88. The van der Waals surface area contributed by atoms with Crippen LogP contribution in [0.4, 0.5) is 0 Å². The van der Waals surface area contributed by atoms with Gasteiger partial charge in [-0.25, -0.2) is 0 Å². The number of nitrogens with zero attached hydrogens (tertiary/aromatic N) is 4. The van der Waals surface area contributed by atoms with Crippen LogP contribution in [0.3, 0.4) is 0 Å². The number of carbonyl (C=O) groups is 2. The molecule has 0 bridgehead atoms. The standard InChI is InChI=1S/C36H60N4O7/c1-24-19-35(6,44-10)31(47-32-29(41)28(38(7)8)18-25(2)46-32)26(3)30(42)34(4,5)33(43)45-23-36(39(9)21-24)13-16-40(17-14-36)22-27-12-11-15-37-20-27/h11-12,15,20,24-26,28-29,31-32,41H,13-14,16-19,21-23H2,1-10H3/t24-,25-,26+,28+,29-,31-,32+,35-/m1/s1. The van der Waals surface area contributed by atoms with Crippen molar-refractivity contribution in [3.8, 4) is 0 Å². The monoisotopic (exact) mass is 660 g/mol. The Hall–Kier alpha value is -1.99. The largest absolute Gasteiger partial charge is 0.463 e. The number of ether oxygens (including phenoxy) is 4. The number of likely N-dealkylation sites (tertiary alicyclic amines) is 1. The summed E-state index contributed by atoms with van der Waals surface area (Å²) in [5.41, 5.74) is -1.55. The van der Waals surface area contributed by atoms with Crippen molar-refractivity contribution in [2.45, 2.75) is 116 Å². The second kappa shape index (κ2) is 15.3. The number of aliphatic hydroxyl groups excluding tert-OH is 1. The molecular weight excluding hydrogens is 600 g/mol. The highest BCUT2D eigenvalue weighted by atomic mass is 16.7. The van der Waals surface area contributed by atoms with Crippen molar-refractivity contribution in [3.63, 3.8) is 0 Å². The maximum absolute atomic E-state index is 14.3. The number of cyclic esters (lactones) is 1. The van der Waals surface area contributed by atoms with E-state index in [0.717, 1.165) is 39.0 Å². The molecule has 1 spiro atoms. The minimum atomic E-state index is -1.43. The van der Waals surface area contributed by atoms with E-state index < -0.39 is 41.4 Å². The van der Waals surface area contributed by atoms with Crippen LogP contribution >= 0.6 is 0 Å². The molecule has 47 heavy (non-hydrogen) atoms. The third kappa shape index (κ3) is 8.43. The molecule has 4 heterocycles. The van der Waals surface area contributed by atoms with Gasteiger partial charge in [-0.1, -0.05) is 19.9 Å². The highest BCUT2D eigenvalue weighted by Gasteiger charge is 2.52. The van der Waals surface area contributed by atoms with Gasteiger partial charge in [0.25, 0.3) is 0 Å². The van der Waals surface area contributed by atoms with Crippen LogP contribution in [0.15, 0.2) is 24.5 Å². The second-order valence-electron chi connectivity index (χ2n) is 15.6. The van der Waals surface area contributed by atoms with Crippen LogP contribution in [0, 0.1) is 17.3 Å². The number of esters is 1. The number of ketones is 1. The average molecular weight is 661 g/mol. The van der Waals surface area contributed by atoms with Crippen LogP contribution in [0.25, 0.3) is 0 Å². The van der Waals surface area contributed by atoms with E-state index in [4.69, 9.17) is 18.9 Å². The predicted octanol–water partition coefficient (Wildman–Crippen LogP) is 3.38. The van der Waals surface area contributed by atoms with E-state index in [-0.39, 0.29) is 36.0 Å². The van der Waals surface area contributed by atoms with E-state index in [1.54, 1.807) is 34.1 Å². The number of methoxy groups -OCH3 is 1. The fraction of sp³-hybridized carbons (Fsp3) is 0.806. The number of pyridine rings is 1. The molecule has 11 nitrogen and oxygen atoms in total. The SMILES string of the molecule is CO[C@]1(C)C[C@@H](C)CN(C)C2(CCN(Cc3cccnc3)CC2)COC(=O)C(C)(C)C(=O)[C@H](C)[C@H]1O[C@@H]1O[C@H](C)C[C@H](N(C)C)[C@H]1O. The lowest BCUT2D eigenvalue weighted by molar-refractivity contribution is -0.295. The Morgan fingerprint density at radius 3 is 2.40 bits per heavy atom. The average Bonchev–Trinajstić information content (AvgIpc) is 3.03. The van der Waals surface area contributed by atoms with Gasteiger partial charge in [0.05, 0.1) is 23.3 Å². The molecule has 0 unspecified atom stereocenters. The summed E-state index contributed by atoms with van der Waals surface area (Å²) in [5, 5.41) is 11.4. The van der Waals surface area contributed by atoms with Gasteiger partial charge in [0.2, 0.25) is 0 Å². The summed E-state index contributed by atoms with van der Waals surface area (Å²) in [6.45, 7) is 14.7. The molecule has 1 N–H and O–H groups in total. The Morgan fingerprint density at radius 2 is 1.81 bits per heavy atom. The number of hydrogen-bond donors (Lipinski definition) is 1. The van der Waals surface area contributed by atoms with Crippen molar-refractivity contribution in [2.24, 2.45) is 17.3 Å². The molecule has 0 saturated carbocycles. The van der Waals surface area contributed by atoms with Crippen molar-refractivity contribution in [1.82, 2.24) is 19.7 Å². The van der Waals surface area contributed by atoms with E-state index in [9.17, 15) is 14.7 Å². The van der Waals surface area contributed by atoms with Crippen molar-refractivity contribution in [2.75, 3.05) is 54.5 Å². The van der Waals surface area contributed by atoms with Crippen LogP contribution < -0.4 is 0 Å². The van der Waals surface area contributed by atoms with Crippen molar-refractivity contribution >= 4 is 11.8 Å². The van der Waals surface area contributed by atoms with Gasteiger partial charge in [0.15, 0.2) is 12.1 Å². The molecule has 0 aromatic carbocycles. The summed E-state index contributed by atoms with van der Waals surface area (Å²) < 4.78 is 25.2. The van der Waals surface area contributed by atoms with Crippen LogP contribution in [0.2, 0.25) is 0 Å². The lowest BCUT2D eigenvalue weighted by atomic mass is 9.74. The van der Waals surface area contributed by atoms with E-state index >= 15 is 0 Å². The number of carbonyl (C=O) groups excluding carboxylic acids is 2. The highest BCUT2D eigenvalue weighted by molar-refractivity contribution is 6.04. The first-order valence-corrected chi connectivity index (χ1v) is 17.3. The van der Waals surface area contributed by atoms with Crippen molar-refractivity contribution < 1.29 is 33.6 Å². The van der Waals surface area contributed by atoms with Gasteiger partial charge in [-0.05, 0) is 92.1 Å². The molecule has 1 aromatic rings. The van der Waals surface area contributed by atoms with Crippen LogP contribution in [-0.4, -0.2) is 133 Å². The summed E-state index contributed by atoms with van der Waals surface area (Å²) in [4.78, 5) is 39.1. The Balaban J connectivity index is 1.63. The first kappa shape index (κ1) is 37.8. The molecule has 4 rings (SSSR count). The van der Waals surface area contributed by atoms with Crippen LogP contribution in [-0.2, 0) is 35.1 Å². The van der Waals surface area contributed by atoms with E-state index in [1.807, 2.05) is 45.1 Å². The van der Waals surface area contributed by atoms with Gasteiger partial charge in [-0.3, -0.25) is 24.4 Å². The zero-order valence-electron chi connectivity index (χ0n) is 30.4. The zero-order chi connectivity index (χ0) is 34.7. The topological polar surface area (TPSA) is 114 Å². The summed E-state index contributed by atoms with van der Waals surface area (Å²) in [7, 11) is 7.62. The van der Waals surface area contributed by atoms with E-state index in [2.05, 4.69) is 34.8 Å². The molecule has 3 saturated heterocycles. The van der Waals surface area contributed by atoms with Crippen LogP contribution in [0.1, 0.15) is 72.8 Å². The molecule has 0 aliphatic carbocycles. The molecule has 11 heteroatoms. The Labute approximate surface area is 282 Å². The Kier molecular flexibility index (Phi) is 12.3. The molecule has 0 amide bonds. The Morgan fingerprint density at radius 1 is 1.13 bits per heavy atom. The molecule has 0 radical (unpaired) electrons. The summed E-state index contributed by atoms with van der Waals surface area (Å²) >= 11 is 0. The molecular formula is C36H60N4O7. The number of rotatable bonds is 6. The smallest absolute Gasteiger partial charge is 0.319 e. The van der Waals surface area contributed by atoms with Gasteiger partial charge < -0.3 is 29.0 Å². The van der Waals surface area contributed by atoms with Gasteiger partial charge in [0.1, 0.15) is 18.1 Å². The molecule has 3 aliphatic heterocycles. The maximum Gasteiger partial charge on any atom is 0.319 e. The Bertz CT molecular complexity index is 1190. The first-order chi connectivity index (χ1) is 22.0. The number of likely N-dealkylation sites (N-methyl/N-ethyl adjacent to an activating group) is 2. The molecule has 1 aromatic heterocycles. The summed E-state index contributed by atoms with van der Waals surface area (Å²) in [6.07, 6.45) is 3.72. The first-order valence-electron chi connectivity index (χ1n) is 17.3. The molecule has 3 fully saturated rings. The minimum absolute atomic E-state index is 0.138. The van der Waals surface area contributed by atoms with E-state index in [1.165, 1.54) is 5.56 Å². The van der Waals surface area contributed by atoms with Gasteiger partial charge in [0, 0.05) is 57.6 Å². The normalized spacial score (nSPS) is 36.4. The minimum Gasteiger partial charge on any atom is -0.463 e. The number of aliphatic hydroxyl groups is 1. The van der Waals surface area contributed by atoms with Gasteiger partial charge >= 0.3 is 5.97 Å². The van der Waals surface area contributed by atoms with E-state index in [0.29, 0.717) is 12.8 Å². The van der Waals surface area contributed by atoms with Crippen molar-refractivity contribution in [1.29, 1.82) is 0 Å². The third-order valence-electron chi connectivity index (χ3n) is 11.2. The van der Waals surface area contributed by atoms with Crippen molar-refractivity contribution in [3.05, 3.63) is 30.1 Å². The lowest BCUT2D eigenvalue weighted by Crippen LogP contribution is -2.59. The highest BCUT2D eigenvalue weighted by Crippen LogP contribution is 2.39. The summed E-state index contributed by atoms with van der Waals surface area (Å²) in [5.74, 6) is -1.46. The molecule has 266 valence electrons. The fourth-order valence-electron chi connectivity index (χ4n) is 8.02. The maximum atomic E-state index is 14.3. The zero-order valence-corrected chi connectivity index (χ0v) is 30.4. The predicted molar refractivity (Wildman–Crippen MR) is 180 cm³/mol. The second-order valence-corrected chi connectivity index (χ2v) is 15.6. The van der Waals surface area contributed by atoms with Crippen LogP contribution in [0.5, 0.6) is 0 Å². The lowest BCUT2D eigenvalue weighted by Gasteiger charge is -2.48. The quantitative estimate of drug-likeness (QED) is 0.358. The number of Topliss-reactive ketones (excluding diaryl/α,β-unsaturated/α-hetero) is 1. The van der Waals surface area contributed by atoms with Gasteiger partial charge in [-0.2, -0.15) is 0 Å².